The summed E-state index contributed by atoms with van der Waals surface area (Å²) in [6.45, 7) is 3.79. The number of benzene rings is 3. The second kappa shape index (κ2) is 11.8. The summed E-state index contributed by atoms with van der Waals surface area (Å²) in [5.41, 5.74) is 4.39. The van der Waals surface area contributed by atoms with Gasteiger partial charge in [-0.2, -0.15) is 0 Å². The molecule has 4 aromatic rings. The van der Waals surface area contributed by atoms with Crippen LogP contribution < -0.4 is 19.7 Å². The van der Waals surface area contributed by atoms with Crippen molar-refractivity contribution in [3.63, 3.8) is 0 Å². The van der Waals surface area contributed by atoms with E-state index in [4.69, 9.17) is 9.47 Å². The highest BCUT2D eigenvalue weighted by molar-refractivity contribution is 6.03. The molecule has 208 valence electrons. The molecule has 0 bridgehead atoms. The van der Waals surface area contributed by atoms with Gasteiger partial charge in [0.2, 0.25) is 11.8 Å². The predicted molar refractivity (Wildman–Crippen MR) is 154 cm³/mol. The average Bonchev–Trinajstić information content (AvgIpc) is 3.62. The molecule has 0 unspecified atom stereocenters. The zero-order valence-corrected chi connectivity index (χ0v) is 23.4. The first kappa shape index (κ1) is 27.2. The molecule has 9 heteroatoms. The Labute approximate surface area is 234 Å². The second-order valence-electron chi connectivity index (χ2n) is 10.2. The third-order valence-electron chi connectivity index (χ3n) is 7.59. The van der Waals surface area contributed by atoms with E-state index in [9.17, 15) is 9.59 Å². The summed E-state index contributed by atoms with van der Waals surface area (Å²) < 4.78 is 12.9. The first-order chi connectivity index (χ1) is 19.4. The van der Waals surface area contributed by atoms with Gasteiger partial charge < -0.3 is 14.8 Å². The number of methoxy groups -OCH3 is 2. The molecular weight excluding hydrogens is 506 g/mol. The van der Waals surface area contributed by atoms with E-state index in [1.165, 1.54) is 0 Å². The highest BCUT2D eigenvalue weighted by Crippen LogP contribution is 2.41. The lowest BCUT2D eigenvalue weighted by atomic mass is 9.98. The minimum Gasteiger partial charge on any atom is -0.493 e. The van der Waals surface area contributed by atoms with Crippen LogP contribution in [0.4, 0.5) is 5.69 Å². The molecule has 1 heterocycles. The number of carbonyl (C=O) groups is 2. The first-order valence-corrected chi connectivity index (χ1v) is 13.6. The number of carbonyl (C=O) groups excluding carboxylic acids is 2. The van der Waals surface area contributed by atoms with Gasteiger partial charge in [-0.3, -0.25) is 14.5 Å². The number of nitrogens with one attached hydrogen (secondary N) is 1. The largest absolute Gasteiger partial charge is 0.493 e. The number of nitrogens with zero attached hydrogens (tertiary/aromatic N) is 4. The number of aryl methyl sites for hydroxylation is 2. The van der Waals surface area contributed by atoms with Crippen LogP contribution in [0.3, 0.4) is 0 Å². The van der Waals surface area contributed by atoms with Crippen molar-refractivity contribution in [2.75, 3.05) is 19.1 Å². The first-order valence-electron chi connectivity index (χ1n) is 13.6. The monoisotopic (exact) mass is 541 g/mol. The number of ether oxygens (including phenoxy) is 2. The van der Waals surface area contributed by atoms with Gasteiger partial charge in [0, 0.05) is 11.6 Å². The Balaban J connectivity index is 1.68. The minimum absolute atomic E-state index is 0.0563. The van der Waals surface area contributed by atoms with Crippen molar-refractivity contribution >= 4 is 28.5 Å². The lowest BCUT2D eigenvalue weighted by Crippen LogP contribution is -2.48. The van der Waals surface area contributed by atoms with Crippen molar-refractivity contribution in [2.45, 2.75) is 58.2 Å². The number of anilines is 1. The van der Waals surface area contributed by atoms with E-state index in [0.717, 1.165) is 42.3 Å². The lowest BCUT2D eigenvalue weighted by Gasteiger charge is -2.35. The fourth-order valence-electron chi connectivity index (χ4n) is 5.70. The van der Waals surface area contributed by atoms with Crippen molar-refractivity contribution in [3.8, 4) is 11.5 Å². The van der Waals surface area contributed by atoms with Gasteiger partial charge in [-0.25, -0.2) is 4.68 Å². The molecule has 3 aromatic carbocycles. The summed E-state index contributed by atoms with van der Waals surface area (Å²) in [5.74, 6) is 0.323. The number of fused-ring (bicyclic) bond motifs is 1. The van der Waals surface area contributed by atoms with Crippen molar-refractivity contribution in [1.82, 2.24) is 20.3 Å². The quantitative estimate of drug-likeness (QED) is 0.324. The van der Waals surface area contributed by atoms with Gasteiger partial charge in [-0.15, -0.1) is 5.10 Å². The van der Waals surface area contributed by atoms with Crippen LogP contribution in [0.1, 0.15) is 48.4 Å². The molecule has 0 radical (unpaired) electrons. The van der Waals surface area contributed by atoms with E-state index in [0.29, 0.717) is 28.3 Å². The maximum atomic E-state index is 14.5. The summed E-state index contributed by atoms with van der Waals surface area (Å²) in [4.78, 5) is 30.3. The number of amides is 2. The molecule has 2 amide bonds. The topological polar surface area (TPSA) is 98.6 Å². The number of para-hydroxylation sites is 3. The Morgan fingerprint density at radius 3 is 2.38 bits per heavy atom. The normalized spacial score (nSPS) is 14.2. The Morgan fingerprint density at radius 2 is 1.68 bits per heavy atom. The molecule has 1 aliphatic rings. The van der Waals surface area contributed by atoms with E-state index in [1.54, 1.807) is 29.9 Å². The molecule has 1 N–H and O–H groups in total. The van der Waals surface area contributed by atoms with Gasteiger partial charge in [0.05, 0.1) is 25.4 Å². The maximum Gasteiger partial charge on any atom is 0.249 e. The molecule has 0 aliphatic heterocycles. The Morgan fingerprint density at radius 1 is 0.975 bits per heavy atom. The van der Waals surface area contributed by atoms with Crippen LogP contribution in [0.2, 0.25) is 0 Å². The molecule has 1 saturated carbocycles. The number of aromatic nitrogens is 3. The van der Waals surface area contributed by atoms with Crippen molar-refractivity contribution in [1.29, 1.82) is 0 Å². The molecule has 9 nitrogen and oxygen atoms in total. The standard InChI is InChI=1S/C31H35N5O4/c1-20-11-9-12-21(2)28(20)36(27(37)19-35-25-17-8-7-16-24(25)33-34-35)29(31(38)32-22-13-5-6-14-22)23-15-10-18-26(39-3)30(23)40-4/h7-12,15-18,22,29H,5-6,13-14,19H2,1-4H3,(H,32,38)/t29-/m1/s1. The van der Waals surface area contributed by atoms with E-state index >= 15 is 0 Å². The molecular formula is C31H35N5O4. The molecule has 40 heavy (non-hydrogen) atoms. The Hall–Kier alpha value is -4.40. The Bertz CT molecular complexity index is 1510. The number of hydrogen-bond donors (Lipinski definition) is 1. The molecule has 5 rings (SSSR count). The highest BCUT2D eigenvalue weighted by Gasteiger charge is 2.38. The molecule has 0 saturated heterocycles. The zero-order valence-electron chi connectivity index (χ0n) is 23.4. The van der Waals surface area contributed by atoms with Crippen molar-refractivity contribution in [3.05, 3.63) is 77.4 Å². The molecule has 1 aromatic heterocycles. The van der Waals surface area contributed by atoms with Crippen LogP contribution in [-0.2, 0) is 16.1 Å². The van der Waals surface area contributed by atoms with Gasteiger partial charge in [-0.1, -0.05) is 60.5 Å². The van der Waals surface area contributed by atoms with Crippen molar-refractivity contribution < 1.29 is 19.1 Å². The van der Waals surface area contributed by atoms with Gasteiger partial charge in [-0.05, 0) is 56.0 Å². The van der Waals surface area contributed by atoms with E-state index in [-0.39, 0.29) is 24.4 Å². The van der Waals surface area contributed by atoms with Crippen LogP contribution in [0.15, 0.2) is 60.7 Å². The van der Waals surface area contributed by atoms with Gasteiger partial charge in [0.25, 0.3) is 0 Å². The predicted octanol–water partition coefficient (Wildman–Crippen LogP) is 4.90. The Kier molecular flexibility index (Phi) is 8.00. The van der Waals surface area contributed by atoms with Gasteiger partial charge in [0.1, 0.15) is 18.1 Å². The second-order valence-corrected chi connectivity index (χ2v) is 10.2. The summed E-state index contributed by atoms with van der Waals surface area (Å²) in [6.07, 6.45) is 3.96. The summed E-state index contributed by atoms with van der Waals surface area (Å²) >= 11 is 0. The number of rotatable bonds is 9. The summed E-state index contributed by atoms with van der Waals surface area (Å²) in [7, 11) is 3.10. The number of hydrogen-bond acceptors (Lipinski definition) is 6. The van der Waals surface area contributed by atoms with E-state index in [1.807, 2.05) is 68.4 Å². The molecule has 0 spiro atoms. The highest BCUT2D eigenvalue weighted by atomic mass is 16.5. The maximum absolute atomic E-state index is 14.5. The average molecular weight is 542 g/mol. The van der Waals surface area contributed by atoms with E-state index in [2.05, 4.69) is 15.6 Å². The fourth-order valence-corrected chi connectivity index (χ4v) is 5.70. The molecule has 1 atom stereocenters. The van der Waals surface area contributed by atoms with E-state index < -0.39 is 6.04 Å². The van der Waals surface area contributed by atoms with Crippen molar-refractivity contribution in [2.24, 2.45) is 0 Å². The van der Waals surface area contributed by atoms with Crippen LogP contribution in [0.5, 0.6) is 11.5 Å². The third kappa shape index (κ3) is 5.23. The van der Waals surface area contributed by atoms with Gasteiger partial charge >= 0.3 is 0 Å². The van der Waals surface area contributed by atoms with Crippen LogP contribution in [0.25, 0.3) is 11.0 Å². The minimum atomic E-state index is -1.02. The van der Waals surface area contributed by atoms with Crippen LogP contribution in [0, 0.1) is 13.8 Å². The lowest BCUT2D eigenvalue weighted by molar-refractivity contribution is -0.127. The molecule has 1 aliphatic carbocycles. The third-order valence-corrected chi connectivity index (χ3v) is 7.59. The van der Waals surface area contributed by atoms with Crippen LogP contribution >= 0.6 is 0 Å². The fraction of sp³-hybridized carbons (Fsp3) is 0.355. The smallest absolute Gasteiger partial charge is 0.249 e. The SMILES string of the molecule is COc1cccc([C@H](C(=O)NC2CCCC2)N(C(=O)Cn2nnc3ccccc32)c2c(C)cccc2C)c1OC. The zero-order chi connectivity index (χ0) is 28.2. The molecule has 1 fully saturated rings. The van der Waals surface area contributed by atoms with Gasteiger partial charge in [0.15, 0.2) is 11.5 Å². The summed E-state index contributed by atoms with van der Waals surface area (Å²) in [6, 6.07) is 17.8. The summed E-state index contributed by atoms with van der Waals surface area (Å²) in [5, 5.41) is 11.7. The van der Waals surface area contributed by atoms with Crippen LogP contribution in [-0.4, -0.2) is 47.1 Å².